The summed E-state index contributed by atoms with van der Waals surface area (Å²) >= 11 is 0. The van der Waals surface area contributed by atoms with Crippen LogP contribution in [0.1, 0.15) is 18.2 Å². The van der Waals surface area contributed by atoms with Crippen LogP contribution >= 0.6 is 0 Å². The molecule has 0 amide bonds. The van der Waals surface area contributed by atoms with Crippen molar-refractivity contribution >= 4 is 0 Å². The van der Waals surface area contributed by atoms with Gasteiger partial charge in [-0.3, -0.25) is 4.98 Å². The number of hydrogen-bond donors (Lipinski definition) is 0. The maximum absolute atomic E-state index is 8.71. The van der Waals surface area contributed by atoms with Crippen LogP contribution in [0.15, 0.2) is 12.3 Å². The van der Waals surface area contributed by atoms with Crippen molar-refractivity contribution in [2.24, 2.45) is 0 Å². The van der Waals surface area contributed by atoms with E-state index in [9.17, 15) is 0 Å². The van der Waals surface area contributed by atoms with Crippen molar-refractivity contribution in [3.05, 3.63) is 23.5 Å². The van der Waals surface area contributed by atoms with Crippen molar-refractivity contribution < 1.29 is 4.74 Å². The number of hydrogen-bond acceptors (Lipinski definition) is 3. The highest BCUT2D eigenvalue weighted by Gasteiger charge is 2.02. The predicted molar refractivity (Wildman–Crippen MR) is 44.9 cm³/mol. The molecular formula is C9H10N2O. The molecule has 0 radical (unpaired) electrons. The SMILES string of the molecule is CCOc1cnc(C)cc1C#N. The molecule has 0 saturated carbocycles. The van der Waals surface area contributed by atoms with Gasteiger partial charge in [0.2, 0.25) is 0 Å². The largest absolute Gasteiger partial charge is 0.491 e. The lowest BCUT2D eigenvalue weighted by molar-refractivity contribution is 0.337. The van der Waals surface area contributed by atoms with Gasteiger partial charge in [0.1, 0.15) is 6.07 Å². The van der Waals surface area contributed by atoms with Crippen molar-refractivity contribution in [2.75, 3.05) is 6.61 Å². The number of nitrogens with zero attached hydrogens (tertiary/aromatic N) is 2. The van der Waals surface area contributed by atoms with Gasteiger partial charge in [0, 0.05) is 5.69 Å². The lowest BCUT2D eigenvalue weighted by Gasteiger charge is -2.03. The predicted octanol–water partition coefficient (Wildman–Crippen LogP) is 1.66. The summed E-state index contributed by atoms with van der Waals surface area (Å²) in [4.78, 5) is 4.03. The second-order valence-electron chi connectivity index (χ2n) is 2.37. The number of aryl methyl sites for hydroxylation is 1. The molecule has 3 nitrogen and oxygen atoms in total. The number of pyridine rings is 1. The van der Waals surface area contributed by atoms with E-state index in [2.05, 4.69) is 11.1 Å². The molecule has 12 heavy (non-hydrogen) atoms. The standard InChI is InChI=1S/C9H10N2O/c1-3-12-9-6-11-7(2)4-8(9)5-10/h4,6H,3H2,1-2H3. The Kier molecular flexibility index (Phi) is 2.65. The average Bonchev–Trinajstić information content (AvgIpc) is 2.08. The van der Waals surface area contributed by atoms with Crippen LogP contribution in [0.5, 0.6) is 5.75 Å². The van der Waals surface area contributed by atoms with Crippen molar-refractivity contribution in [3.63, 3.8) is 0 Å². The maximum Gasteiger partial charge on any atom is 0.155 e. The molecular weight excluding hydrogens is 152 g/mol. The number of ether oxygens (including phenoxy) is 1. The summed E-state index contributed by atoms with van der Waals surface area (Å²) in [5.74, 6) is 0.561. The Morgan fingerprint density at radius 3 is 3.00 bits per heavy atom. The molecule has 62 valence electrons. The molecule has 0 aliphatic carbocycles. The quantitative estimate of drug-likeness (QED) is 0.664. The topological polar surface area (TPSA) is 45.9 Å². The monoisotopic (exact) mass is 162 g/mol. The summed E-state index contributed by atoms with van der Waals surface area (Å²) in [7, 11) is 0. The number of nitriles is 1. The van der Waals surface area contributed by atoms with Gasteiger partial charge in [-0.15, -0.1) is 0 Å². The van der Waals surface area contributed by atoms with E-state index in [1.165, 1.54) is 0 Å². The Balaban J connectivity index is 3.05. The molecule has 0 bridgehead atoms. The molecule has 0 aliphatic rings. The molecule has 0 spiro atoms. The van der Waals surface area contributed by atoms with Gasteiger partial charge in [-0.05, 0) is 19.9 Å². The van der Waals surface area contributed by atoms with E-state index in [1.807, 2.05) is 13.8 Å². The van der Waals surface area contributed by atoms with Crippen LogP contribution in [0.3, 0.4) is 0 Å². The highest BCUT2D eigenvalue weighted by molar-refractivity contribution is 5.41. The first-order valence-electron chi connectivity index (χ1n) is 3.77. The molecule has 0 atom stereocenters. The minimum Gasteiger partial charge on any atom is -0.491 e. The third-order valence-electron chi connectivity index (χ3n) is 1.42. The van der Waals surface area contributed by atoms with Crippen LogP contribution in [0.4, 0.5) is 0 Å². The summed E-state index contributed by atoms with van der Waals surface area (Å²) in [5, 5.41) is 8.71. The molecule has 3 heteroatoms. The van der Waals surface area contributed by atoms with E-state index in [0.29, 0.717) is 17.9 Å². The zero-order chi connectivity index (χ0) is 8.97. The number of rotatable bonds is 2. The smallest absolute Gasteiger partial charge is 0.155 e. The van der Waals surface area contributed by atoms with Crippen molar-refractivity contribution in [1.29, 1.82) is 5.26 Å². The second kappa shape index (κ2) is 3.72. The Hall–Kier alpha value is -1.56. The normalized spacial score (nSPS) is 9.08. The minimum atomic E-state index is 0.546. The van der Waals surface area contributed by atoms with Crippen molar-refractivity contribution in [1.82, 2.24) is 4.98 Å². The fraction of sp³-hybridized carbons (Fsp3) is 0.333. The van der Waals surface area contributed by atoms with E-state index in [0.717, 1.165) is 5.69 Å². The summed E-state index contributed by atoms with van der Waals surface area (Å²) < 4.78 is 5.20. The molecule has 0 aromatic carbocycles. The summed E-state index contributed by atoms with van der Waals surface area (Å²) in [5.41, 5.74) is 1.37. The average molecular weight is 162 g/mol. The Labute approximate surface area is 71.6 Å². The van der Waals surface area contributed by atoms with Crippen molar-refractivity contribution in [2.45, 2.75) is 13.8 Å². The third-order valence-corrected chi connectivity index (χ3v) is 1.42. The van der Waals surface area contributed by atoms with E-state index >= 15 is 0 Å². The molecule has 1 heterocycles. The van der Waals surface area contributed by atoms with E-state index in [-0.39, 0.29) is 0 Å². The molecule has 0 N–H and O–H groups in total. The van der Waals surface area contributed by atoms with Gasteiger partial charge in [-0.1, -0.05) is 0 Å². The maximum atomic E-state index is 8.71. The first kappa shape index (κ1) is 8.54. The molecule has 1 aromatic heterocycles. The molecule has 0 unspecified atom stereocenters. The fourth-order valence-corrected chi connectivity index (χ4v) is 0.905. The molecule has 0 saturated heterocycles. The number of aromatic nitrogens is 1. The first-order chi connectivity index (χ1) is 5.77. The van der Waals surface area contributed by atoms with Crippen molar-refractivity contribution in [3.8, 4) is 11.8 Å². The lowest BCUT2D eigenvalue weighted by atomic mass is 10.2. The van der Waals surface area contributed by atoms with Crippen LogP contribution in [0.25, 0.3) is 0 Å². The van der Waals surface area contributed by atoms with E-state index in [4.69, 9.17) is 10.00 Å². The summed E-state index contributed by atoms with van der Waals surface area (Å²) in [6.07, 6.45) is 1.58. The van der Waals surface area contributed by atoms with Gasteiger partial charge in [0.25, 0.3) is 0 Å². The molecule has 1 rings (SSSR count). The fourth-order valence-electron chi connectivity index (χ4n) is 0.905. The zero-order valence-electron chi connectivity index (χ0n) is 7.16. The van der Waals surface area contributed by atoms with Crippen LogP contribution < -0.4 is 4.74 Å². The Morgan fingerprint density at radius 1 is 1.67 bits per heavy atom. The van der Waals surface area contributed by atoms with Gasteiger partial charge in [0.15, 0.2) is 5.75 Å². The first-order valence-corrected chi connectivity index (χ1v) is 3.77. The van der Waals surface area contributed by atoms with E-state index < -0.39 is 0 Å². The minimum absolute atomic E-state index is 0.546. The van der Waals surface area contributed by atoms with Crippen LogP contribution in [-0.2, 0) is 0 Å². The highest BCUT2D eigenvalue weighted by atomic mass is 16.5. The summed E-state index contributed by atoms with van der Waals surface area (Å²) in [6, 6.07) is 3.77. The van der Waals surface area contributed by atoms with Gasteiger partial charge in [0.05, 0.1) is 18.4 Å². The van der Waals surface area contributed by atoms with Crippen LogP contribution in [0.2, 0.25) is 0 Å². The lowest BCUT2D eigenvalue weighted by Crippen LogP contribution is -1.96. The van der Waals surface area contributed by atoms with Crippen LogP contribution in [-0.4, -0.2) is 11.6 Å². The zero-order valence-corrected chi connectivity index (χ0v) is 7.16. The molecule has 1 aromatic rings. The van der Waals surface area contributed by atoms with Gasteiger partial charge in [-0.25, -0.2) is 0 Å². The van der Waals surface area contributed by atoms with E-state index in [1.54, 1.807) is 12.3 Å². The van der Waals surface area contributed by atoms with Gasteiger partial charge >= 0.3 is 0 Å². The van der Waals surface area contributed by atoms with Gasteiger partial charge in [-0.2, -0.15) is 5.26 Å². The second-order valence-corrected chi connectivity index (χ2v) is 2.37. The molecule has 0 fully saturated rings. The molecule has 0 aliphatic heterocycles. The van der Waals surface area contributed by atoms with Gasteiger partial charge < -0.3 is 4.74 Å². The Morgan fingerprint density at radius 2 is 2.42 bits per heavy atom. The third kappa shape index (κ3) is 1.73. The van der Waals surface area contributed by atoms with Crippen LogP contribution in [0, 0.1) is 18.3 Å². The summed E-state index contributed by atoms with van der Waals surface area (Å²) in [6.45, 7) is 4.27. The highest BCUT2D eigenvalue weighted by Crippen LogP contribution is 2.16. The Bertz CT molecular complexity index is 315.